The molecule has 0 saturated carbocycles. The van der Waals surface area contributed by atoms with E-state index in [0.29, 0.717) is 90.6 Å². The minimum atomic E-state index is -0.384. The third kappa shape index (κ3) is 47.0. The number of unbranched alkanes of at least 4 members (excludes halogenated alkanes) is 39. The summed E-state index contributed by atoms with van der Waals surface area (Å²) in [6, 6.07) is 43.2. The lowest BCUT2D eigenvalue weighted by Crippen LogP contribution is -2.44. The average molecular weight is 1540 g/mol. The minimum absolute atomic E-state index is 0.284. The van der Waals surface area contributed by atoms with Crippen molar-refractivity contribution < 1.29 is 28.6 Å². The molecule has 0 saturated heterocycles. The van der Waals surface area contributed by atoms with E-state index in [1.807, 2.05) is 77.7 Å². The molecule has 0 fully saturated rings. The van der Waals surface area contributed by atoms with Gasteiger partial charge in [-0.1, -0.05) is 271 Å². The fraction of sp³-hybridized carbons (Fsp3) is 0.581. The van der Waals surface area contributed by atoms with Crippen LogP contribution in [0.15, 0.2) is 176 Å². The number of azo groups is 3. The van der Waals surface area contributed by atoms with Gasteiger partial charge in [-0.3, -0.25) is 4.90 Å². The number of ether oxygens (including phenoxy) is 3. The molecule has 0 bridgehead atoms. The molecule has 0 heterocycles. The van der Waals surface area contributed by atoms with Crippen LogP contribution in [-0.4, -0.2) is 82.1 Å². The Labute approximate surface area is 674 Å². The number of benzene rings is 6. The minimum Gasteiger partial charge on any atom is -0.494 e. The van der Waals surface area contributed by atoms with E-state index in [0.717, 1.165) is 36.5 Å². The third-order valence-corrected chi connectivity index (χ3v) is 20.2. The lowest BCUT2D eigenvalue weighted by molar-refractivity contribution is 0.238. The standard InChI is InChI=1S/C93H141N13O6/c1-4-7-10-13-16-19-22-25-28-31-34-37-40-43-76-110-88-64-58-85(59-65-88)103-100-82-52-46-79(47-53-82)97-91(107)94-70-73-106(74-71-95-92(108)98-80-48-54-83(55-49-80)101-104-86-60-66-89(67-61-86)111-77-44-41-38-35-32-29-26-23-20-17-14-11-8-5-2)75-72-96-93(109)99-81-50-56-84(57-51-81)102-105-87-62-68-90(69-63-87)112-78-45-42-39-36-33-30-27-24-21-18-15-12-9-6-3/h46-69H,4-45,70-78H2,1-3H3,(H2,94,97,107)(H2,95,98,108)(H2,96,99,109). The Morgan fingerprint density at radius 1 is 0.241 bits per heavy atom. The van der Waals surface area contributed by atoms with Crippen LogP contribution >= 0.6 is 0 Å². The highest BCUT2D eigenvalue weighted by molar-refractivity contribution is 5.90. The van der Waals surface area contributed by atoms with Gasteiger partial charge in [0.2, 0.25) is 0 Å². The first-order valence-electron chi connectivity index (χ1n) is 43.8. The van der Waals surface area contributed by atoms with Crippen molar-refractivity contribution in [1.82, 2.24) is 20.9 Å². The van der Waals surface area contributed by atoms with Crippen LogP contribution in [0.25, 0.3) is 0 Å². The zero-order valence-corrected chi connectivity index (χ0v) is 69.0. The van der Waals surface area contributed by atoms with Crippen molar-refractivity contribution in [2.75, 3.05) is 75.0 Å². The summed E-state index contributed by atoms with van der Waals surface area (Å²) >= 11 is 0. The van der Waals surface area contributed by atoms with Crippen molar-refractivity contribution in [2.45, 2.75) is 290 Å². The molecule has 0 unspecified atom stereocenters. The maximum Gasteiger partial charge on any atom is 0.319 e. The zero-order valence-electron chi connectivity index (χ0n) is 69.0. The summed E-state index contributed by atoms with van der Waals surface area (Å²) in [6.45, 7) is 11.1. The van der Waals surface area contributed by atoms with Gasteiger partial charge >= 0.3 is 18.1 Å². The lowest BCUT2D eigenvalue weighted by atomic mass is 10.0. The van der Waals surface area contributed by atoms with E-state index in [-0.39, 0.29) is 37.7 Å². The van der Waals surface area contributed by atoms with Gasteiger partial charge in [0, 0.05) is 56.3 Å². The van der Waals surface area contributed by atoms with Gasteiger partial charge in [-0.15, -0.1) is 0 Å². The molecular formula is C93H141N13O6. The number of carbonyl (C=O) groups is 3. The van der Waals surface area contributed by atoms with Crippen molar-refractivity contribution in [3.8, 4) is 17.2 Å². The number of anilines is 3. The summed E-state index contributed by atoms with van der Waals surface area (Å²) < 4.78 is 18.0. The average Bonchev–Trinajstić information content (AvgIpc) is 0.899. The maximum absolute atomic E-state index is 13.2. The van der Waals surface area contributed by atoms with E-state index in [1.165, 1.54) is 250 Å². The van der Waals surface area contributed by atoms with Gasteiger partial charge in [-0.25, -0.2) is 14.4 Å². The van der Waals surface area contributed by atoms with Gasteiger partial charge in [0.05, 0.1) is 53.9 Å². The summed E-state index contributed by atoms with van der Waals surface area (Å²) in [5.41, 5.74) is 5.81. The first-order chi connectivity index (χ1) is 55.2. The van der Waals surface area contributed by atoms with Crippen LogP contribution in [0.5, 0.6) is 17.2 Å². The smallest absolute Gasteiger partial charge is 0.319 e. The molecule has 112 heavy (non-hydrogen) atoms. The van der Waals surface area contributed by atoms with Gasteiger partial charge in [-0.05, 0) is 165 Å². The Bertz CT molecular complexity index is 3050. The van der Waals surface area contributed by atoms with Crippen molar-refractivity contribution in [3.05, 3.63) is 146 Å². The van der Waals surface area contributed by atoms with E-state index in [4.69, 9.17) is 14.2 Å². The fourth-order valence-corrected chi connectivity index (χ4v) is 13.3. The Morgan fingerprint density at radius 2 is 0.411 bits per heavy atom. The molecular weight excluding hydrogens is 1400 g/mol. The second-order valence-electron chi connectivity index (χ2n) is 30.0. The van der Waals surface area contributed by atoms with Crippen LogP contribution in [-0.2, 0) is 0 Å². The molecule has 0 aliphatic rings. The highest BCUT2D eigenvalue weighted by Crippen LogP contribution is 2.28. The maximum atomic E-state index is 13.2. The van der Waals surface area contributed by atoms with Gasteiger partial charge in [-0.2, -0.15) is 30.7 Å². The van der Waals surface area contributed by atoms with Gasteiger partial charge < -0.3 is 46.1 Å². The Kier molecular flexibility index (Phi) is 51.7. The van der Waals surface area contributed by atoms with Crippen molar-refractivity contribution >= 4 is 69.3 Å². The van der Waals surface area contributed by atoms with Crippen LogP contribution in [0.1, 0.15) is 290 Å². The highest BCUT2D eigenvalue weighted by atomic mass is 16.5. The van der Waals surface area contributed by atoms with Crippen molar-refractivity contribution in [3.63, 3.8) is 0 Å². The molecule has 6 aromatic carbocycles. The molecule has 0 radical (unpaired) electrons. The largest absolute Gasteiger partial charge is 0.494 e. The number of nitrogens with one attached hydrogen (secondary N) is 6. The SMILES string of the molecule is CCCCCCCCCCCCCCCCOc1ccc(N=Nc2ccc(NC(=O)NCCN(CCNC(=O)Nc3ccc(N=Nc4ccc(OCCCCCCCCCCCCCCCC)cc4)cc3)CCNC(=O)Nc3ccc(N=Nc4ccc(OCCCCCCCCCCCCCCCC)cc4)cc3)cc2)cc1. The topological polar surface area (TPSA) is 228 Å². The number of carbonyl (C=O) groups excluding carboxylic acids is 3. The molecule has 0 aliphatic heterocycles. The molecule has 6 amide bonds. The summed E-state index contributed by atoms with van der Waals surface area (Å²) in [6.07, 6.45) is 55.8. The monoisotopic (exact) mass is 1540 g/mol. The van der Waals surface area contributed by atoms with Crippen LogP contribution < -0.4 is 46.1 Å². The van der Waals surface area contributed by atoms with Crippen LogP contribution in [0, 0.1) is 0 Å². The van der Waals surface area contributed by atoms with E-state index in [2.05, 4.69) is 83.4 Å². The van der Waals surface area contributed by atoms with Crippen LogP contribution in [0.3, 0.4) is 0 Å². The van der Waals surface area contributed by atoms with Crippen molar-refractivity contribution in [2.24, 2.45) is 30.7 Å². The molecule has 6 N–H and O–H groups in total. The number of nitrogens with zero attached hydrogens (tertiary/aromatic N) is 7. The second-order valence-corrected chi connectivity index (χ2v) is 30.0. The van der Waals surface area contributed by atoms with Gasteiger partial charge in [0.15, 0.2) is 0 Å². The summed E-state index contributed by atoms with van der Waals surface area (Å²) in [5, 5.41) is 44.0. The summed E-state index contributed by atoms with van der Waals surface area (Å²) in [7, 11) is 0. The number of hydrogen-bond acceptors (Lipinski definition) is 13. The van der Waals surface area contributed by atoms with E-state index in [9.17, 15) is 14.4 Å². The number of amides is 6. The van der Waals surface area contributed by atoms with Crippen LogP contribution in [0.4, 0.5) is 65.6 Å². The molecule has 614 valence electrons. The number of urea groups is 3. The van der Waals surface area contributed by atoms with Gasteiger partial charge in [0.1, 0.15) is 17.2 Å². The van der Waals surface area contributed by atoms with E-state index < -0.39 is 0 Å². The normalized spacial score (nSPS) is 11.5. The fourth-order valence-electron chi connectivity index (χ4n) is 13.3. The zero-order chi connectivity index (χ0) is 78.9. The molecule has 0 aliphatic carbocycles. The van der Waals surface area contributed by atoms with Crippen LogP contribution in [0.2, 0.25) is 0 Å². The molecule has 0 spiro atoms. The highest BCUT2D eigenvalue weighted by Gasteiger charge is 2.12. The molecule has 0 aromatic heterocycles. The predicted octanol–water partition coefficient (Wildman–Crippen LogP) is 28.6. The molecule has 6 rings (SSSR count). The van der Waals surface area contributed by atoms with Gasteiger partial charge in [0.25, 0.3) is 0 Å². The molecule has 6 aromatic rings. The Morgan fingerprint density at radius 3 is 0.598 bits per heavy atom. The Hall–Kier alpha value is -8.71. The summed E-state index contributed by atoms with van der Waals surface area (Å²) in [5.74, 6) is 2.47. The molecule has 0 atom stereocenters. The first kappa shape index (κ1) is 92.2. The van der Waals surface area contributed by atoms with E-state index in [1.54, 1.807) is 72.8 Å². The van der Waals surface area contributed by atoms with Crippen molar-refractivity contribution in [1.29, 1.82) is 0 Å². The number of hydrogen-bond donors (Lipinski definition) is 6. The second kappa shape index (κ2) is 62.8. The number of rotatable bonds is 66. The quantitative estimate of drug-likeness (QED) is 0.0160. The molecule has 19 nitrogen and oxygen atoms in total. The molecule has 19 heteroatoms. The lowest BCUT2D eigenvalue weighted by Gasteiger charge is -2.23. The third-order valence-electron chi connectivity index (χ3n) is 20.2. The first-order valence-corrected chi connectivity index (χ1v) is 43.8. The van der Waals surface area contributed by atoms with E-state index >= 15 is 0 Å². The summed E-state index contributed by atoms with van der Waals surface area (Å²) in [4.78, 5) is 41.6. The Balaban J connectivity index is 0.881. The predicted molar refractivity (Wildman–Crippen MR) is 466 cm³/mol.